The first-order chi connectivity index (χ1) is 12.8. The second-order valence-electron chi connectivity index (χ2n) is 7.59. The fourth-order valence-electron chi connectivity index (χ4n) is 2.81. The number of anilines is 2. The smallest absolute Gasteiger partial charge is 0.246 e. The van der Waals surface area contributed by atoms with Crippen LogP contribution in [0.5, 0.6) is 17.2 Å². The summed E-state index contributed by atoms with van der Waals surface area (Å²) in [6.45, 7) is 8.46. The van der Waals surface area contributed by atoms with Gasteiger partial charge in [-0.2, -0.15) is 0 Å². The number of nitrogens with one attached hydrogen (secondary N) is 2. The highest BCUT2D eigenvalue weighted by atomic mass is 16.7. The van der Waals surface area contributed by atoms with Crippen LogP contribution in [0.1, 0.15) is 33.3 Å². The van der Waals surface area contributed by atoms with E-state index in [-0.39, 0.29) is 18.1 Å². The highest BCUT2D eigenvalue weighted by Gasteiger charge is 2.20. The van der Waals surface area contributed by atoms with Crippen molar-refractivity contribution < 1.29 is 19.0 Å². The zero-order chi connectivity index (χ0) is 19.6. The zero-order valence-electron chi connectivity index (χ0n) is 16.4. The van der Waals surface area contributed by atoms with E-state index in [1.807, 2.05) is 25.1 Å². The summed E-state index contributed by atoms with van der Waals surface area (Å²) in [7, 11) is 1.62. The van der Waals surface area contributed by atoms with Gasteiger partial charge in [-0.05, 0) is 42.2 Å². The lowest BCUT2D eigenvalue weighted by atomic mass is 9.86. The summed E-state index contributed by atoms with van der Waals surface area (Å²) in [5, 5.41) is 6.15. The molecule has 1 amide bonds. The van der Waals surface area contributed by atoms with Crippen LogP contribution in [0.4, 0.5) is 11.4 Å². The van der Waals surface area contributed by atoms with Crippen molar-refractivity contribution in [2.24, 2.45) is 0 Å². The van der Waals surface area contributed by atoms with E-state index in [0.29, 0.717) is 22.9 Å². The molecule has 0 radical (unpaired) electrons. The molecule has 1 heterocycles. The summed E-state index contributed by atoms with van der Waals surface area (Å²) in [6, 6.07) is 10.9. The number of hydrogen-bond acceptors (Lipinski definition) is 5. The van der Waals surface area contributed by atoms with Crippen molar-refractivity contribution in [3.05, 3.63) is 42.0 Å². The Balaban J connectivity index is 1.72. The van der Waals surface area contributed by atoms with Crippen LogP contribution in [0.3, 0.4) is 0 Å². The molecule has 0 bridgehead atoms. The summed E-state index contributed by atoms with van der Waals surface area (Å²) in [4.78, 5) is 12.6. The highest BCUT2D eigenvalue weighted by Crippen LogP contribution is 2.34. The van der Waals surface area contributed by atoms with E-state index in [4.69, 9.17) is 14.2 Å². The lowest BCUT2D eigenvalue weighted by Gasteiger charge is -2.23. The SMILES string of the molecule is COc1ccc(C(C)(C)C)cc1NC(C)C(=O)Nc1ccc2c(c1)OCO2. The van der Waals surface area contributed by atoms with Gasteiger partial charge in [0.1, 0.15) is 11.8 Å². The Morgan fingerprint density at radius 3 is 2.56 bits per heavy atom. The van der Waals surface area contributed by atoms with Crippen LogP contribution in [0.25, 0.3) is 0 Å². The molecule has 2 aromatic rings. The second-order valence-corrected chi connectivity index (χ2v) is 7.59. The number of methoxy groups -OCH3 is 1. The predicted octanol–water partition coefficient (Wildman–Crippen LogP) is 4.16. The van der Waals surface area contributed by atoms with Gasteiger partial charge in [0.25, 0.3) is 0 Å². The molecule has 1 atom stereocenters. The number of carbonyl (C=O) groups is 1. The Morgan fingerprint density at radius 1 is 1.11 bits per heavy atom. The molecule has 3 rings (SSSR count). The average Bonchev–Trinajstić information content (AvgIpc) is 3.08. The zero-order valence-corrected chi connectivity index (χ0v) is 16.4. The third-order valence-corrected chi connectivity index (χ3v) is 4.47. The van der Waals surface area contributed by atoms with Crippen LogP contribution in [0.15, 0.2) is 36.4 Å². The quantitative estimate of drug-likeness (QED) is 0.827. The van der Waals surface area contributed by atoms with Gasteiger partial charge in [0.15, 0.2) is 11.5 Å². The Bertz CT molecular complexity index is 843. The molecular formula is C21H26N2O4. The summed E-state index contributed by atoms with van der Waals surface area (Å²) in [5.74, 6) is 1.86. The van der Waals surface area contributed by atoms with E-state index in [1.165, 1.54) is 0 Å². The largest absolute Gasteiger partial charge is 0.495 e. The van der Waals surface area contributed by atoms with Crippen molar-refractivity contribution in [2.75, 3.05) is 24.5 Å². The lowest BCUT2D eigenvalue weighted by molar-refractivity contribution is -0.116. The van der Waals surface area contributed by atoms with Crippen molar-refractivity contribution >= 4 is 17.3 Å². The maximum atomic E-state index is 12.6. The molecule has 0 fully saturated rings. The Kier molecular flexibility index (Phi) is 5.17. The van der Waals surface area contributed by atoms with E-state index in [2.05, 4.69) is 31.4 Å². The number of amides is 1. The molecule has 1 aliphatic rings. The first-order valence-corrected chi connectivity index (χ1v) is 8.93. The maximum absolute atomic E-state index is 12.6. The van der Waals surface area contributed by atoms with Crippen LogP contribution in [0, 0.1) is 0 Å². The molecule has 0 aliphatic carbocycles. The highest BCUT2D eigenvalue weighted by molar-refractivity contribution is 5.96. The normalized spacial score (nSPS) is 13.8. The molecular weight excluding hydrogens is 344 g/mol. The number of fused-ring (bicyclic) bond motifs is 1. The summed E-state index contributed by atoms with van der Waals surface area (Å²) in [5.41, 5.74) is 2.61. The standard InChI is InChI=1S/C21H26N2O4/c1-13(20(24)23-15-7-9-18-19(11-15)27-12-26-18)22-16-10-14(21(2,3)4)6-8-17(16)25-5/h6-11,13,22H,12H2,1-5H3,(H,23,24). The van der Waals surface area contributed by atoms with Gasteiger partial charge in [-0.3, -0.25) is 4.79 Å². The first kappa shape index (κ1) is 18.9. The fraction of sp³-hybridized carbons (Fsp3) is 0.381. The van der Waals surface area contributed by atoms with E-state index in [1.54, 1.807) is 25.3 Å². The first-order valence-electron chi connectivity index (χ1n) is 8.93. The number of ether oxygens (including phenoxy) is 3. The van der Waals surface area contributed by atoms with Gasteiger partial charge >= 0.3 is 0 Å². The van der Waals surface area contributed by atoms with Gasteiger partial charge in [0.2, 0.25) is 12.7 Å². The third kappa shape index (κ3) is 4.27. The van der Waals surface area contributed by atoms with E-state index < -0.39 is 6.04 Å². The summed E-state index contributed by atoms with van der Waals surface area (Å²) in [6.07, 6.45) is 0. The molecule has 0 spiro atoms. The van der Waals surface area contributed by atoms with E-state index >= 15 is 0 Å². The molecule has 2 aromatic carbocycles. The van der Waals surface area contributed by atoms with Crippen molar-refractivity contribution in [1.82, 2.24) is 0 Å². The van der Waals surface area contributed by atoms with Gasteiger partial charge in [0.05, 0.1) is 12.8 Å². The van der Waals surface area contributed by atoms with Crippen molar-refractivity contribution in [3.8, 4) is 17.2 Å². The number of benzene rings is 2. The monoisotopic (exact) mass is 370 g/mol. The van der Waals surface area contributed by atoms with Crippen molar-refractivity contribution in [3.63, 3.8) is 0 Å². The molecule has 0 saturated carbocycles. The van der Waals surface area contributed by atoms with Gasteiger partial charge in [-0.25, -0.2) is 0 Å². The van der Waals surface area contributed by atoms with Gasteiger partial charge < -0.3 is 24.8 Å². The molecule has 2 N–H and O–H groups in total. The van der Waals surface area contributed by atoms with Crippen LogP contribution >= 0.6 is 0 Å². The number of carbonyl (C=O) groups excluding carboxylic acids is 1. The maximum Gasteiger partial charge on any atom is 0.246 e. The minimum atomic E-state index is -0.459. The summed E-state index contributed by atoms with van der Waals surface area (Å²) < 4.78 is 16.1. The molecule has 6 nitrogen and oxygen atoms in total. The Labute approximate surface area is 159 Å². The Hall–Kier alpha value is -2.89. The molecule has 1 aliphatic heterocycles. The van der Waals surface area contributed by atoms with E-state index in [0.717, 1.165) is 11.3 Å². The molecule has 0 aromatic heterocycles. The molecule has 27 heavy (non-hydrogen) atoms. The molecule has 0 saturated heterocycles. The number of rotatable bonds is 5. The van der Waals surface area contributed by atoms with Gasteiger partial charge in [0, 0.05) is 11.8 Å². The van der Waals surface area contributed by atoms with E-state index in [9.17, 15) is 4.79 Å². The molecule has 6 heteroatoms. The minimum Gasteiger partial charge on any atom is -0.495 e. The number of hydrogen-bond donors (Lipinski definition) is 2. The predicted molar refractivity (Wildman–Crippen MR) is 106 cm³/mol. The van der Waals surface area contributed by atoms with Gasteiger partial charge in [-0.1, -0.05) is 26.8 Å². The topological polar surface area (TPSA) is 68.8 Å². The van der Waals surface area contributed by atoms with Crippen LogP contribution in [-0.4, -0.2) is 25.9 Å². The minimum absolute atomic E-state index is 0.000681. The third-order valence-electron chi connectivity index (χ3n) is 4.47. The Morgan fingerprint density at radius 2 is 1.85 bits per heavy atom. The average molecular weight is 370 g/mol. The van der Waals surface area contributed by atoms with Gasteiger partial charge in [-0.15, -0.1) is 0 Å². The van der Waals surface area contributed by atoms with Crippen LogP contribution in [-0.2, 0) is 10.2 Å². The van der Waals surface area contributed by atoms with Crippen LogP contribution in [0.2, 0.25) is 0 Å². The van der Waals surface area contributed by atoms with Crippen molar-refractivity contribution in [2.45, 2.75) is 39.2 Å². The van der Waals surface area contributed by atoms with Crippen molar-refractivity contribution in [1.29, 1.82) is 0 Å². The molecule has 1 unspecified atom stereocenters. The summed E-state index contributed by atoms with van der Waals surface area (Å²) >= 11 is 0. The van der Waals surface area contributed by atoms with Crippen LogP contribution < -0.4 is 24.8 Å². The molecule has 144 valence electrons. The second kappa shape index (κ2) is 7.39. The lowest BCUT2D eigenvalue weighted by Crippen LogP contribution is -2.32. The fourth-order valence-corrected chi connectivity index (χ4v) is 2.81.